The van der Waals surface area contributed by atoms with E-state index < -0.39 is 5.41 Å². The number of esters is 1. The monoisotopic (exact) mass is 221 g/mol. The number of carbonyl (C=O) groups is 1. The maximum absolute atomic E-state index is 11.0. The summed E-state index contributed by atoms with van der Waals surface area (Å²) in [6.07, 6.45) is 6.73. The molecule has 4 nitrogen and oxygen atoms in total. The minimum absolute atomic E-state index is 0.255. The number of carbonyl (C=O) groups excluding carboxylic acids is 1. The first-order chi connectivity index (χ1) is 7.65. The highest BCUT2D eigenvalue weighted by atomic mass is 16.5. The van der Waals surface area contributed by atoms with Gasteiger partial charge in [0.1, 0.15) is 5.76 Å². The zero-order valence-electron chi connectivity index (χ0n) is 9.53. The minimum atomic E-state index is -0.601. The van der Waals surface area contributed by atoms with Gasteiger partial charge in [-0.3, -0.25) is 4.79 Å². The molecule has 1 atom stereocenters. The van der Waals surface area contributed by atoms with E-state index in [1.165, 1.54) is 7.11 Å². The van der Waals surface area contributed by atoms with Crippen LogP contribution in [0.5, 0.6) is 0 Å². The Morgan fingerprint density at radius 1 is 1.62 bits per heavy atom. The molecule has 0 aliphatic heterocycles. The molecule has 0 heterocycles. The molecule has 0 aromatic carbocycles. The molecule has 1 rings (SSSR count). The first kappa shape index (κ1) is 12.3. The molecule has 0 N–H and O–H groups in total. The van der Waals surface area contributed by atoms with Crippen molar-refractivity contribution in [3.05, 3.63) is 24.0 Å². The van der Waals surface area contributed by atoms with E-state index in [9.17, 15) is 4.79 Å². The van der Waals surface area contributed by atoms with Crippen molar-refractivity contribution >= 4 is 5.97 Å². The second-order valence-corrected chi connectivity index (χ2v) is 3.69. The van der Waals surface area contributed by atoms with Crippen LogP contribution < -0.4 is 0 Å². The van der Waals surface area contributed by atoms with E-state index in [0.717, 1.165) is 5.76 Å². The normalized spacial score (nSPS) is 23.2. The number of ether oxygens (including phenoxy) is 2. The van der Waals surface area contributed by atoms with Crippen molar-refractivity contribution in [2.75, 3.05) is 14.2 Å². The lowest BCUT2D eigenvalue weighted by Gasteiger charge is -2.24. The average Bonchev–Trinajstić information content (AvgIpc) is 2.36. The van der Waals surface area contributed by atoms with E-state index in [2.05, 4.69) is 10.8 Å². The minimum Gasteiger partial charge on any atom is -0.497 e. The van der Waals surface area contributed by atoms with Gasteiger partial charge in [-0.25, -0.2) is 0 Å². The highest BCUT2D eigenvalue weighted by Gasteiger charge is 2.29. The molecule has 0 bridgehead atoms. The molecule has 0 aromatic rings. The van der Waals surface area contributed by atoms with Crippen LogP contribution >= 0.6 is 0 Å². The van der Waals surface area contributed by atoms with Crippen LogP contribution in [0.25, 0.3) is 0 Å². The fourth-order valence-electron chi connectivity index (χ4n) is 1.56. The van der Waals surface area contributed by atoms with Crippen molar-refractivity contribution in [3.8, 4) is 6.07 Å². The summed E-state index contributed by atoms with van der Waals surface area (Å²) in [6.45, 7) is 0. The van der Waals surface area contributed by atoms with Crippen molar-refractivity contribution in [1.29, 1.82) is 5.26 Å². The van der Waals surface area contributed by atoms with E-state index in [-0.39, 0.29) is 12.4 Å². The van der Waals surface area contributed by atoms with Gasteiger partial charge in [0, 0.05) is 6.42 Å². The summed E-state index contributed by atoms with van der Waals surface area (Å²) in [5.74, 6) is 0.466. The molecule has 1 aliphatic carbocycles. The smallest absolute Gasteiger partial charge is 0.305 e. The molecular weight excluding hydrogens is 206 g/mol. The van der Waals surface area contributed by atoms with E-state index in [1.54, 1.807) is 19.3 Å². The summed E-state index contributed by atoms with van der Waals surface area (Å²) in [7, 11) is 2.94. The average molecular weight is 221 g/mol. The first-order valence-electron chi connectivity index (χ1n) is 5.07. The summed E-state index contributed by atoms with van der Waals surface area (Å²) >= 11 is 0. The lowest BCUT2D eigenvalue weighted by atomic mass is 9.79. The van der Waals surface area contributed by atoms with Crippen molar-refractivity contribution < 1.29 is 14.3 Å². The third-order valence-electron chi connectivity index (χ3n) is 2.70. The van der Waals surface area contributed by atoms with Crippen molar-refractivity contribution in [2.45, 2.75) is 19.3 Å². The number of methoxy groups -OCH3 is 2. The Labute approximate surface area is 95.1 Å². The van der Waals surface area contributed by atoms with Gasteiger partial charge in [0.05, 0.1) is 25.7 Å². The quantitative estimate of drug-likeness (QED) is 0.681. The van der Waals surface area contributed by atoms with Gasteiger partial charge < -0.3 is 9.47 Å². The molecule has 0 radical (unpaired) electrons. The maximum Gasteiger partial charge on any atom is 0.305 e. The molecule has 0 saturated heterocycles. The molecule has 4 heteroatoms. The number of allylic oxidation sites excluding steroid dienone is 3. The Hall–Kier alpha value is -1.76. The highest BCUT2D eigenvalue weighted by molar-refractivity contribution is 5.69. The third kappa shape index (κ3) is 2.86. The van der Waals surface area contributed by atoms with Gasteiger partial charge in [-0.1, -0.05) is 6.08 Å². The number of hydrogen-bond acceptors (Lipinski definition) is 4. The number of nitriles is 1. The Morgan fingerprint density at radius 2 is 2.38 bits per heavy atom. The van der Waals surface area contributed by atoms with Gasteiger partial charge in [0.25, 0.3) is 0 Å². The molecule has 0 aromatic heterocycles. The van der Waals surface area contributed by atoms with E-state index >= 15 is 0 Å². The van der Waals surface area contributed by atoms with Crippen molar-refractivity contribution in [3.63, 3.8) is 0 Å². The fourth-order valence-corrected chi connectivity index (χ4v) is 1.56. The summed E-state index contributed by atoms with van der Waals surface area (Å²) in [4.78, 5) is 11.0. The largest absolute Gasteiger partial charge is 0.497 e. The molecule has 1 aliphatic rings. The van der Waals surface area contributed by atoms with Crippen LogP contribution in [0.1, 0.15) is 19.3 Å². The lowest BCUT2D eigenvalue weighted by molar-refractivity contribution is -0.141. The Morgan fingerprint density at radius 3 is 2.81 bits per heavy atom. The van der Waals surface area contributed by atoms with Crippen LogP contribution in [-0.2, 0) is 14.3 Å². The Balaban J connectivity index is 2.62. The predicted molar refractivity (Wildman–Crippen MR) is 58.1 cm³/mol. The van der Waals surface area contributed by atoms with E-state index in [0.29, 0.717) is 12.8 Å². The van der Waals surface area contributed by atoms with Gasteiger partial charge in [0.15, 0.2) is 0 Å². The van der Waals surface area contributed by atoms with Crippen molar-refractivity contribution in [2.24, 2.45) is 5.41 Å². The third-order valence-corrected chi connectivity index (χ3v) is 2.70. The first-order valence-corrected chi connectivity index (χ1v) is 5.07. The molecule has 0 amide bonds. The zero-order chi connectivity index (χ0) is 12.0. The lowest BCUT2D eigenvalue weighted by Crippen LogP contribution is -2.19. The van der Waals surface area contributed by atoms with Gasteiger partial charge in [0.2, 0.25) is 0 Å². The maximum atomic E-state index is 11.0. The fraction of sp³-hybridized carbons (Fsp3) is 0.500. The second kappa shape index (κ2) is 5.36. The highest BCUT2D eigenvalue weighted by Crippen LogP contribution is 2.34. The van der Waals surface area contributed by atoms with Gasteiger partial charge in [-0.15, -0.1) is 0 Å². The number of hydrogen-bond donors (Lipinski definition) is 0. The molecule has 0 spiro atoms. The Bertz CT molecular complexity index is 365. The molecule has 86 valence electrons. The number of nitrogens with zero attached hydrogens (tertiary/aromatic N) is 1. The molecular formula is C12H15NO3. The van der Waals surface area contributed by atoms with Gasteiger partial charge in [-0.05, 0) is 25.0 Å². The summed E-state index contributed by atoms with van der Waals surface area (Å²) in [5, 5.41) is 9.16. The summed E-state index contributed by atoms with van der Waals surface area (Å²) in [5.41, 5.74) is -0.601. The topological polar surface area (TPSA) is 59.3 Å². The molecule has 0 saturated carbocycles. The number of rotatable bonds is 4. The van der Waals surface area contributed by atoms with Crippen LogP contribution in [0, 0.1) is 16.7 Å². The zero-order valence-corrected chi connectivity index (χ0v) is 9.53. The van der Waals surface area contributed by atoms with Gasteiger partial charge >= 0.3 is 5.97 Å². The van der Waals surface area contributed by atoms with E-state index in [4.69, 9.17) is 10.00 Å². The predicted octanol–water partition coefficient (Wildman–Crippen LogP) is 1.94. The van der Waals surface area contributed by atoms with Crippen LogP contribution in [0.4, 0.5) is 0 Å². The molecule has 0 fully saturated rings. The van der Waals surface area contributed by atoms with Crippen LogP contribution in [0.3, 0.4) is 0 Å². The molecule has 16 heavy (non-hydrogen) atoms. The van der Waals surface area contributed by atoms with E-state index in [1.807, 2.05) is 6.08 Å². The standard InChI is InChI=1S/C12H15NO3/c1-15-10-3-6-12(9-13,7-4-10)8-5-11(14)16-2/h3-4,6H,5,7-8H2,1-2H3. The second-order valence-electron chi connectivity index (χ2n) is 3.69. The summed E-state index contributed by atoms with van der Waals surface area (Å²) in [6, 6.07) is 2.25. The van der Waals surface area contributed by atoms with Crippen LogP contribution in [0.15, 0.2) is 24.0 Å². The summed E-state index contributed by atoms with van der Waals surface area (Å²) < 4.78 is 9.61. The molecule has 1 unspecified atom stereocenters. The van der Waals surface area contributed by atoms with Crippen LogP contribution in [0.2, 0.25) is 0 Å². The Kier molecular flexibility index (Phi) is 4.12. The SMILES string of the molecule is COC(=O)CCC1(C#N)C=CC(OC)=CC1. The van der Waals surface area contributed by atoms with Gasteiger partial charge in [-0.2, -0.15) is 5.26 Å². The van der Waals surface area contributed by atoms with Crippen molar-refractivity contribution in [1.82, 2.24) is 0 Å². The van der Waals surface area contributed by atoms with Crippen LogP contribution in [-0.4, -0.2) is 20.2 Å².